The average Bonchev–Trinajstić information content (AvgIpc) is 2.65. The van der Waals surface area contributed by atoms with Gasteiger partial charge in [0.05, 0.1) is 5.56 Å². The second-order valence-electron chi connectivity index (χ2n) is 9.48. The van der Waals surface area contributed by atoms with Gasteiger partial charge in [-0.1, -0.05) is 33.8 Å². The van der Waals surface area contributed by atoms with Crippen molar-refractivity contribution in [3.63, 3.8) is 0 Å². The summed E-state index contributed by atoms with van der Waals surface area (Å²) in [5.74, 6) is -0.418. The van der Waals surface area contributed by atoms with Gasteiger partial charge in [0.2, 0.25) is 0 Å². The molecule has 0 unspecified atom stereocenters. The summed E-state index contributed by atoms with van der Waals surface area (Å²) in [6, 6.07) is 14.5. The van der Waals surface area contributed by atoms with Crippen LogP contribution in [0.2, 0.25) is 0 Å². The number of nitrogens with zero attached hydrogens (tertiary/aromatic N) is 2. The first kappa shape index (κ1) is 21.2. The molecule has 0 radical (unpaired) electrons. The van der Waals surface area contributed by atoms with Crippen molar-refractivity contribution in [2.24, 2.45) is 5.92 Å². The number of rotatable bonds is 6. The van der Waals surface area contributed by atoms with Crippen molar-refractivity contribution in [2.45, 2.75) is 59.4 Å². The molecule has 29 heavy (non-hydrogen) atoms. The largest absolute Gasteiger partial charge is 0.478 e. The predicted octanol–water partition coefficient (Wildman–Crippen LogP) is 6.08. The standard InChI is InChI=1S/C25H34N2O2/c1-17(2)16-27(20-9-7-19(8-10-20)24(28)29)21-11-12-22-23(15-21)26(18(3)4)14-13-25(22,5)6/h7-12,15,17-18H,13-14,16H2,1-6H3,(H,28,29). The van der Waals surface area contributed by atoms with E-state index < -0.39 is 5.97 Å². The molecule has 1 aliphatic heterocycles. The van der Waals surface area contributed by atoms with Crippen molar-refractivity contribution in [3.05, 3.63) is 53.6 Å². The number of hydrogen-bond acceptors (Lipinski definition) is 3. The number of carboxylic acids is 1. The number of carbonyl (C=O) groups is 1. The van der Waals surface area contributed by atoms with E-state index in [2.05, 4.69) is 69.5 Å². The highest BCUT2D eigenvalue weighted by Gasteiger charge is 2.32. The number of carboxylic acid groups (broad SMARTS) is 1. The summed E-state index contributed by atoms with van der Waals surface area (Å²) in [6.45, 7) is 15.5. The molecule has 1 heterocycles. The Morgan fingerprint density at radius 1 is 1.07 bits per heavy atom. The highest BCUT2D eigenvalue weighted by Crippen LogP contribution is 2.43. The average molecular weight is 395 g/mol. The quantitative estimate of drug-likeness (QED) is 0.645. The molecule has 0 spiro atoms. The van der Waals surface area contributed by atoms with Gasteiger partial charge in [0.25, 0.3) is 0 Å². The van der Waals surface area contributed by atoms with E-state index in [-0.39, 0.29) is 5.41 Å². The van der Waals surface area contributed by atoms with Crippen LogP contribution in [0.3, 0.4) is 0 Å². The Bertz CT molecular complexity index is 869. The van der Waals surface area contributed by atoms with Crippen LogP contribution in [0.1, 0.15) is 63.9 Å². The summed E-state index contributed by atoms with van der Waals surface area (Å²) < 4.78 is 0. The Balaban J connectivity index is 2.07. The molecule has 2 aromatic carbocycles. The molecule has 4 nitrogen and oxygen atoms in total. The fourth-order valence-corrected chi connectivity index (χ4v) is 4.20. The van der Waals surface area contributed by atoms with Crippen LogP contribution >= 0.6 is 0 Å². The normalized spacial score (nSPS) is 15.5. The molecule has 0 fully saturated rings. The fourth-order valence-electron chi connectivity index (χ4n) is 4.20. The van der Waals surface area contributed by atoms with Gasteiger partial charge in [-0.2, -0.15) is 0 Å². The third kappa shape index (κ3) is 4.42. The molecule has 0 amide bonds. The molecule has 0 bridgehead atoms. The summed E-state index contributed by atoms with van der Waals surface area (Å²) in [5, 5.41) is 9.22. The van der Waals surface area contributed by atoms with Crippen LogP contribution in [0.25, 0.3) is 0 Å². The van der Waals surface area contributed by atoms with Crippen molar-refractivity contribution in [3.8, 4) is 0 Å². The van der Waals surface area contributed by atoms with E-state index in [4.69, 9.17) is 0 Å². The van der Waals surface area contributed by atoms with Crippen LogP contribution in [0.4, 0.5) is 17.1 Å². The molecule has 0 aliphatic carbocycles. The van der Waals surface area contributed by atoms with Crippen LogP contribution in [0.5, 0.6) is 0 Å². The lowest BCUT2D eigenvalue weighted by Gasteiger charge is -2.43. The van der Waals surface area contributed by atoms with Gasteiger partial charge >= 0.3 is 5.97 Å². The van der Waals surface area contributed by atoms with Gasteiger partial charge in [-0.15, -0.1) is 0 Å². The van der Waals surface area contributed by atoms with Crippen LogP contribution < -0.4 is 9.80 Å². The van der Waals surface area contributed by atoms with E-state index >= 15 is 0 Å². The van der Waals surface area contributed by atoms with Crippen molar-refractivity contribution < 1.29 is 9.90 Å². The van der Waals surface area contributed by atoms with E-state index in [0.717, 1.165) is 30.9 Å². The molecular weight excluding hydrogens is 360 g/mol. The maximum Gasteiger partial charge on any atom is 0.335 e. The lowest BCUT2D eigenvalue weighted by Crippen LogP contribution is -2.41. The van der Waals surface area contributed by atoms with Gasteiger partial charge < -0.3 is 14.9 Å². The third-order valence-corrected chi connectivity index (χ3v) is 5.91. The van der Waals surface area contributed by atoms with Crippen LogP contribution in [0.15, 0.2) is 42.5 Å². The van der Waals surface area contributed by atoms with Gasteiger partial charge in [0.15, 0.2) is 0 Å². The minimum absolute atomic E-state index is 0.172. The first-order chi connectivity index (χ1) is 13.6. The zero-order valence-corrected chi connectivity index (χ0v) is 18.6. The topological polar surface area (TPSA) is 43.8 Å². The Morgan fingerprint density at radius 3 is 2.24 bits per heavy atom. The van der Waals surface area contributed by atoms with E-state index in [9.17, 15) is 9.90 Å². The molecule has 0 saturated heterocycles. The molecular formula is C25H34N2O2. The molecule has 1 aliphatic rings. The van der Waals surface area contributed by atoms with Gasteiger partial charge in [0.1, 0.15) is 0 Å². The molecule has 4 heteroatoms. The van der Waals surface area contributed by atoms with Crippen LogP contribution in [0, 0.1) is 5.92 Å². The van der Waals surface area contributed by atoms with Gasteiger partial charge in [0, 0.05) is 36.2 Å². The second kappa shape index (κ2) is 8.10. The van der Waals surface area contributed by atoms with Crippen molar-refractivity contribution >= 4 is 23.0 Å². The maximum absolute atomic E-state index is 11.2. The van der Waals surface area contributed by atoms with E-state index in [1.807, 2.05) is 12.1 Å². The van der Waals surface area contributed by atoms with E-state index in [1.54, 1.807) is 12.1 Å². The second-order valence-corrected chi connectivity index (χ2v) is 9.48. The maximum atomic E-state index is 11.2. The molecule has 156 valence electrons. The summed E-state index contributed by atoms with van der Waals surface area (Å²) in [7, 11) is 0. The Morgan fingerprint density at radius 2 is 1.69 bits per heavy atom. The molecule has 0 aromatic heterocycles. The van der Waals surface area contributed by atoms with Gasteiger partial charge in [-0.25, -0.2) is 4.79 Å². The van der Waals surface area contributed by atoms with E-state index in [1.165, 1.54) is 11.3 Å². The number of fused-ring (bicyclic) bond motifs is 1. The molecule has 0 saturated carbocycles. The summed E-state index contributed by atoms with van der Waals surface area (Å²) in [4.78, 5) is 16.0. The van der Waals surface area contributed by atoms with Crippen molar-refractivity contribution in [1.82, 2.24) is 0 Å². The molecule has 1 N–H and O–H groups in total. The minimum Gasteiger partial charge on any atom is -0.478 e. The lowest BCUT2D eigenvalue weighted by atomic mass is 9.77. The SMILES string of the molecule is CC(C)CN(c1ccc(C(=O)O)cc1)c1ccc2c(c1)N(C(C)C)CCC2(C)C. The zero-order chi connectivity index (χ0) is 21.3. The number of aromatic carboxylic acids is 1. The summed E-state index contributed by atoms with van der Waals surface area (Å²) in [5.41, 5.74) is 5.40. The number of hydrogen-bond donors (Lipinski definition) is 1. The third-order valence-electron chi connectivity index (χ3n) is 5.91. The Kier molecular flexibility index (Phi) is 5.92. The van der Waals surface area contributed by atoms with Gasteiger partial charge in [-0.3, -0.25) is 0 Å². The smallest absolute Gasteiger partial charge is 0.335 e. The van der Waals surface area contributed by atoms with Crippen LogP contribution in [-0.2, 0) is 5.41 Å². The predicted molar refractivity (Wildman–Crippen MR) is 122 cm³/mol. The number of anilines is 3. The monoisotopic (exact) mass is 394 g/mol. The van der Waals surface area contributed by atoms with Crippen molar-refractivity contribution in [2.75, 3.05) is 22.9 Å². The minimum atomic E-state index is -0.893. The molecule has 3 rings (SSSR count). The van der Waals surface area contributed by atoms with Gasteiger partial charge in [-0.05, 0) is 73.6 Å². The molecule has 0 atom stereocenters. The highest BCUT2D eigenvalue weighted by molar-refractivity contribution is 5.88. The molecule has 2 aromatic rings. The van der Waals surface area contributed by atoms with Crippen molar-refractivity contribution in [1.29, 1.82) is 0 Å². The number of benzene rings is 2. The Hall–Kier alpha value is -2.49. The highest BCUT2D eigenvalue weighted by atomic mass is 16.4. The zero-order valence-electron chi connectivity index (χ0n) is 18.6. The first-order valence-corrected chi connectivity index (χ1v) is 10.6. The van der Waals surface area contributed by atoms with Crippen LogP contribution in [-0.4, -0.2) is 30.2 Å². The Labute approximate surface area is 175 Å². The lowest BCUT2D eigenvalue weighted by molar-refractivity contribution is 0.0697. The first-order valence-electron chi connectivity index (χ1n) is 10.6. The fraction of sp³-hybridized carbons (Fsp3) is 0.480. The van der Waals surface area contributed by atoms with E-state index in [0.29, 0.717) is 17.5 Å². The summed E-state index contributed by atoms with van der Waals surface area (Å²) in [6.07, 6.45) is 1.16. The summed E-state index contributed by atoms with van der Waals surface area (Å²) >= 11 is 0.